The number of rotatable bonds is 5. The van der Waals surface area contributed by atoms with E-state index in [1.165, 1.54) is 34.6 Å². The van der Waals surface area contributed by atoms with Crippen molar-refractivity contribution in [2.45, 2.75) is 30.8 Å². The number of carbonyl (C=O) groups is 1. The Morgan fingerprint density at radius 3 is 2.47 bits per heavy atom. The predicted octanol–water partition coefficient (Wildman–Crippen LogP) is 4.20. The van der Waals surface area contributed by atoms with Gasteiger partial charge in [-0.3, -0.25) is 4.79 Å². The van der Waals surface area contributed by atoms with Crippen LogP contribution in [0.3, 0.4) is 0 Å². The number of sulfonamides is 1. The number of nitrogens with zero attached hydrogens (tertiary/aromatic N) is 1. The number of hydrogen-bond donors (Lipinski definition) is 1. The lowest BCUT2D eigenvalue weighted by molar-refractivity contribution is 0.0939. The minimum Gasteiger partial charge on any atom is -0.346 e. The van der Waals surface area contributed by atoms with Crippen molar-refractivity contribution in [2.75, 3.05) is 6.54 Å². The van der Waals surface area contributed by atoms with Crippen molar-refractivity contribution in [3.05, 3.63) is 101 Å². The number of halogens is 2. The molecule has 5 nitrogen and oxygen atoms in total. The maximum atomic E-state index is 13.5. The third-order valence-electron chi connectivity index (χ3n) is 5.62. The van der Waals surface area contributed by atoms with Crippen molar-refractivity contribution in [3.8, 4) is 0 Å². The summed E-state index contributed by atoms with van der Waals surface area (Å²) in [6.07, 6.45) is 0.626. The summed E-state index contributed by atoms with van der Waals surface area (Å²) in [4.78, 5) is 12.7. The van der Waals surface area contributed by atoms with E-state index in [4.69, 9.17) is 0 Å². The molecule has 1 atom stereocenters. The second-order valence-corrected chi connectivity index (χ2v) is 9.69. The fourth-order valence-electron chi connectivity index (χ4n) is 3.77. The first kappa shape index (κ1) is 22.1. The fourth-order valence-corrected chi connectivity index (χ4v) is 5.23. The molecule has 3 aromatic carbocycles. The van der Waals surface area contributed by atoms with Crippen LogP contribution in [-0.4, -0.2) is 25.2 Å². The van der Waals surface area contributed by atoms with Gasteiger partial charge in [-0.1, -0.05) is 36.4 Å². The molecule has 0 bridgehead atoms. The first-order valence-electron chi connectivity index (χ1n) is 10.2. The predicted molar refractivity (Wildman–Crippen MR) is 116 cm³/mol. The van der Waals surface area contributed by atoms with Crippen molar-refractivity contribution in [3.63, 3.8) is 0 Å². The smallest absolute Gasteiger partial charge is 0.251 e. The normalized spacial score (nSPS) is 15.1. The Hall–Kier alpha value is -3.10. The van der Waals surface area contributed by atoms with E-state index in [-0.39, 0.29) is 17.0 Å². The molecule has 1 aliphatic rings. The second-order valence-electron chi connectivity index (χ2n) is 7.75. The molecule has 166 valence electrons. The molecule has 3 aromatic rings. The molecule has 0 fully saturated rings. The third kappa shape index (κ3) is 4.42. The van der Waals surface area contributed by atoms with Crippen molar-refractivity contribution in [1.82, 2.24) is 9.62 Å². The Bertz CT molecular complexity index is 1280. The fraction of sp³-hybridized carbons (Fsp3) is 0.208. The Labute approximate surface area is 185 Å². The molecule has 1 aliphatic heterocycles. The summed E-state index contributed by atoms with van der Waals surface area (Å²) in [7, 11) is -3.79. The van der Waals surface area contributed by atoms with E-state index in [0.717, 1.165) is 23.3 Å². The highest BCUT2D eigenvalue weighted by Crippen LogP contribution is 2.25. The molecule has 1 heterocycles. The maximum absolute atomic E-state index is 13.5. The zero-order valence-electron chi connectivity index (χ0n) is 17.4. The number of hydrogen-bond acceptors (Lipinski definition) is 3. The van der Waals surface area contributed by atoms with Crippen LogP contribution in [0, 0.1) is 11.6 Å². The lowest BCUT2D eigenvalue weighted by atomic mass is 10.0. The lowest BCUT2D eigenvalue weighted by Gasteiger charge is -2.28. The van der Waals surface area contributed by atoms with Gasteiger partial charge in [0.2, 0.25) is 10.0 Å². The minimum absolute atomic E-state index is 0.0324. The van der Waals surface area contributed by atoms with Gasteiger partial charge in [0.1, 0.15) is 0 Å². The monoisotopic (exact) mass is 456 g/mol. The van der Waals surface area contributed by atoms with Crippen LogP contribution in [-0.2, 0) is 23.0 Å². The summed E-state index contributed by atoms with van der Waals surface area (Å²) in [6, 6.07) is 16.4. The Morgan fingerprint density at radius 2 is 1.72 bits per heavy atom. The molecule has 32 heavy (non-hydrogen) atoms. The van der Waals surface area contributed by atoms with Gasteiger partial charge in [0.25, 0.3) is 5.91 Å². The molecule has 0 aliphatic carbocycles. The average Bonchev–Trinajstić information content (AvgIpc) is 2.80. The number of benzene rings is 3. The summed E-state index contributed by atoms with van der Waals surface area (Å²) >= 11 is 0. The lowest BCUT2D eigenvalue weighted by Crippen LogP contribution is -2.36. The van der Waals surface area contributed by atoms with Gasteiger partial charge in [-0.2, -0.15) is 4.31 Å². The molecule has 0 aromatic heterocycles. The van der Waals surface area contributed by atoms with Crippen LogP contribution in [0.4, 0.5) is 8.78 Å². The Balaban J connectivity index is 1.52. The molecular formula is C24H22F2N2O3S. The SMILES string of the molecule is CC(NC(=O)c1cccc(S(=O)(=O)N2CCc3ccccc3C2)c1)c1ccc(F)c(F)c1. The highest BCUT2D eigenvalue weighted by molar-refractivity contribution is 7.89. The summed E-state index contributed by atoms with van der Waals surface area (Å²) < 4.78 is 54.5. The maximum Gasteiger partial charge on any atom is 0.251 e. The topological polar surface area (TPSA) is 66.5 Å². The van der Waals surface area contributed by atoms with Crippen LogP contribution in [0.25, 0.3) is 0 Å². The second kappa shape index (κ2) is 8.80. The van der Waals surface area contributed by atoms with Crippen LogP contribution >= 0.6 is 0 Å². The molecule has 0 saturated heterocycles. The van der Waals surface area contributed by atoms with Gasteiger partial charge in [-0.15, -0.1) is 0 Å². The van der Waals surface area contributed by atoms with Crippen LogP contribution in [0.5, 0.6) is 0 Å². The van der Waals surface area contributed by atoms with Crippen LogP contribution < -0.4 is 5.32 Å². The van der Waals surface area contributed by atoms with E-state index < -0.39 is 33.6 Å². The molecule has 1 N–H and O–H groups in total. The van der Waals surface area contributed by atoms with E-state index in [1.54, 1.807) is 6.92 Å². The number of carbonyl (C=O) groups excluding carboxylic acids is 1. The summed E-state index contributed by atoms with van der Waals surface area (Å²) in [5.41, 5.74) is 2.67. The molecular weight excluding hydrogens is 434 g/mol. The van der Waals surface area contributed by atoms with E-state index in [1.807, 2.05) is 24.3 Å². The molecule has 1 unspecified atom stereocenters. The van der Waals surface area contributed by atoms with Crippen molar-refractivity contribution >= 4 is 15.9 Å². The van der Waals surface area contributed by atoms with Gasteiger partial charge >= 0.3 is 0 Å². The van der Waals surface area contributed by atoms with Gasteiger partial charge in [-0.05, 0) is 60.4 Å². The van der Waals surface area contributed by atoms with Crippen LogP contribution in [0.2, 0.25) is 0 Å². The van der Waals surface area contributed by atoms with E-state index in [2.05, 4.69) is 5.32 Å². The van der Waals surface area contributed by atoms with Gasteiger partial charge in [0.05, 0.1) is 10.9 Å². The summed E-state index contributed by atoms with van der Waals surface area (Å²) in [5.74, 6) is -2.48. The molecule has 1 amide bonds. The Morgan fingerprint density at radius 1 is 0.969 bits per heavy atom. The number of nitrogens with one attached hydrogen (secondary N) is 1. The molecule has 4 rings (SSSR count). The number of fused-ring (bicyclic) bond motifs is 1. The highest BCUT2D eigenvalue weighted by Gasteiger charge is 2.28. The van der Waals surface area contributed by atoms with Crippen molar-refractivity contribution < 1.29 is 22.0 Å². The first-order valence-corrected chi connectivity index (χ1v) is 11.6. The molecule has 8 heteroatoms. The largest absolute Gasteiger partial charge is 0.346 e. The van der Waals surface area contributed by atoms with Crippen molar-refractivity contribution in [2.24, 2.45) is 0 Å². The molecule has 0 saturated carbocycles. The Kier molecular flexibility index (Phi) is 6.08. The quantitative estimate of drug-likeness (QED) is 0.626. The minimum atomic E-state index is -3.79. The van der Waals surface area contributed by atoms with Gasteiger partial charge in [0.15, 0.2) is 11.6 Å². The van der Waals surface area contributed by atoms with Crippen molar-refractivity contribution in [1.29, 1.82) is 0 Å². The van der Waals surface area contributed by atoms with Crippen LogP contribution in [0.15, 0.2) is 71.6 Å². The standard InChI is InChI=1S/C24H22F2N2O3S/c1-16(18-9-10-22(25)23(26)14-18)27-24(29)19-7-4-8-21(13-19)32(30,31)28-12-11-17-5-2-3-6-20(17)15-28/h2-10,13-14,16H,11-12,15H2,1H3,(H,27,29). The first-order chi connectivity index (χ1) is 15.3. The molecule has 0 radical (unpaired) electrons. The van der Waals surface area contributed by atoms with Crippen LogP contribution in [0.1, 0.15) is 40.0 Å². The van der Waals surface area contributed by atoms with E-state index in [9.17, 15) is 22.0 Å². The van der Waals surface area contributed by atoms with E-state index in [0.29, 0.717) is 18.5 Å². The van der Waals surface area contributed by atoms with Gasteiger partial charge in [0, 0.05) is 18.7 Å². The van der Waals surface area contributed by atoms with E-state index >= 15 is 0 Å². The summed E-state index contributed by atoms with van der Waals surface area (Å²) in [6.45, 7) is 2.28. The zero-order valence-corrected chi connectivity index (χ0v) is 18.2. The average molecular weight is 457 g/mol. The zero-order chi connectivity index (χ0) is 22.9. The summed E-state index contributed by atoms with van der Waals surface area (Å²) in [5, 5.41) is 2.69. The van der Waals surface area contributed by atoms with Gasteiger partial charge < -0.3 is 5.32 Å². The number of amides is 1. The third-order valence-corrected chi connectivity index (χ3v) is 7.46. The molecule has 0 spiro atoms. The van der Waals surface area contributed by atoms with Gasteiger partial charge in [-0.25, -0.2) is 17.2 Å². The highest BCUT2D eigenvalue weighted by atomic mass is 32.2.